The van der Waals surface area contributed by atoms with E-state index in [0.29, 0.717) is 27.9 Å². The Morgan fingerprint density at radius 2 is 2.21 bits per heavy atom. The fourth-order valence-corrected chi connectivity index (χ4v) is 2.39. The maximum Gasteiger partial charge on any atom is 0.263 e. The molecule has 0 atom stereocenters. The van der Waals surface area contributed by atoms with Crippen LogP contribution in [0, 0.1) is 5.82 Å². The molecule has 7 nitrogen and oxygen atoms in total. The number of furan rings is 1. The molecular weight excluding hydrogens is 313 g/mol. The van der Waals surface area contributed by atoms with Gasteiger partial charge in [0.25, 0.3) is 5.56 Å². The molecule has 24 heavy (non-hydrogen) atoms. The average Bonchev–Trinajstić information content (AvgIpc) is 3.25. The molecule has 0 radical (unpaired) electrons. The van der Waals surface area contributed by atoms with Crippen molar-refractivity contribution in [2.45, 2.75) is 6.54 Å². The minimum atomic E-state index is -0.374. The highest BCUT2D eigenvalue weighted by molar-refractivity contribution is 5.73. The number of H-pyrrole nitrogens is 2. The molecule has 0 unspecified atom stereocenters. The highest BCUT2D eigenvalue weighted by atomic mass is 19.1. The van der Waals surface area contributed by atoms with Crippen LogP contribution in [-0.4, -0.2) is 20.2 Å². The number of rotatable bonds is 4. The molecule has 3 heterocycles. The summed E-state index contributed by atoms with van der Waals surface area (Å²) in [7, 11) is 0. The Morgan fingerprint density at radius 3 is 3.00 bits per heavy atom. The van der Waals surface area contributed by atoms with Crippen molar-refractivity contribution in [2.75, 3.05) is 5.32 Å². The Morgan fingerprint density at radius 1 is 1.29 bits per heavy atom. The number of anilines is 1. The highest BCUT2D eigenvalue weighted by Crippen LogP contribution is 2.22. The van der Waals surface area contributed by atoms with Crippen molar-refractivity contribution in [3.8, 4) is 11.3 Å². The number of aromatic nitrogens is 4. The van der Waals surface area contributed by atoms with E-state index in [1.807, 2.05) is 0 Å². The van der Waals surface area contributed by atoms with Gasteiger partial charge in [0.05, 0.1) is 12.5 Å². The quantitative estimate of drug-likeness (QED) is 0.536. The van der Waals surface area contributed by atoms with Crippen molar-refractivity contribution in [3.05, 3.63) is 64.5 Å². The zero-order valence-electron chi connectivity index (χ0n) is 12.3. The molecule has 1 aromatic carbocycles. The third-order valence-electron chi connectivity index (χ3n) is 3.62. The summed E-state index contributed by atoms with van der Waals surface area (Å²) in [6.45, 7) is 0.173. The van der Waals surface area contributed by atoms with Gasteiger partial charge in [-0.3, -0.25) is 14.9 Å². The molecular formula is C16H12FN5O2. The maximum atomic E-state index is 14.2. The molecule has 4 aromatic rings. The first-order chi connectivity index (χ1) is 11.7. The Balaban J connectivity index is 1.55. The lowest BCUT2D eigenvalue weighted by Gasteiger charge is -2.07. The van der Waals surface area contributed by atoms with Crippen molar-refractivity contribution in [1.82, 2.24) is 20.2 Å². The van der Waals surface area contributed by atoms with Crippen LogP contribution in [0.5, 0.6) is 0 Å². The second-order valence-corrected chi connectivity index (χ2v) is 5.18. The van der Waals surface area contributed by atoms with Gasteiger partial charge in [0.15, 0.2) is 5.65 Å². The topological polar surface area (TPSA) is 99.6 Å². The normalized spacial score (nSPS) is 11.0. The maximum absolute atomic E-state index is 14.2. The van der Waals surface area contributed by atoms with Gasteiger partial charge in [0.2, 0.25) is 5.95 Å². The first kappa shape index (κ1) is 14.2. The van der Waals surface area contributed by atoms with Gasteiger partial charge >= 0.3 is 0 Å². The number of fused-ring (bicyclic) bond motifs is 1. The van der Waals surface area contributed by atoms with Gasteiger partial charge in [0, 0.05) is 17.7 Å². The summed E-state index contributed by atoms with van der Waals surface area (Å²) in [6, 6.07) is 8.35. The van der Waals surface area contributed by atoms with Crippen molar-refractivity contribution in [1.29, 1.82) is 0 Å². The van der Waals surface area contributed by atoms with Crippen LogP contribution < -0.4 is 10.9 Å². The number of benzene rings is 1. The summed E-state index contributed by atoms with van der Waals surface area (Å²) in [4.78, 5) is 18.6. The first-order valence-electron chi connectivity index (χ1n) is 7.20. The summed E-state index contributed by atoms with van der Waals surface area (Å²) < 4.78 is 19.5. The van der Waals surface area contributed by atoms with E-state index in [2.05, 4.69) is 25.5 Å². The van der Waals surface area contributed by atoms with Gasteiger partial charge in [-0.1, -0.05) is 12.1 Å². The Labute approximate surface area is 134 Å². The molecule has 0 bridgehead atoms. The van der Waals surface area contributed by atoms with E-state index in [9.17, 15) is 9.18 Å². The Hall–Kier alpha value is -3.42. The first-order valence-corrected chi connectivity index (χ1v) is 7.20. The van der Waals surface area contributed by atoms with E-state index < -0.39 is 0 Å². The fraction of sp³-hybridized carbons (Fsp3) is 0.0625. The third kappa shape index (κ3) is 2.54. The highest BCUT2D eigenvalue weighted by Gasteiger charge is 2.09. The molecule has 0 saturated carbocycles. The van der Waals surface area contributed by atoms with Crippen molar-refractivity contribution >= 4 is 17.0 Å². The largest absolute Gasteiger partial charge is 0.464 e. The standard InChI is InChI=1S/C16H12FN5O2/c17-12-6-9(13-2-1-5-24-13)3-4-10(12)7-18-16-20-14-11(8-19-22-14)15(23)21-16/h1-6,8H,7H2,(H3,18,19,20,21,22,23). The molecule has 4 rings (SSSR count). The number of halogens is 1. The van der Waals surface area contributed by atoms with E-state index >= 15 is 0 Å². The van der Waals surface area contributed by atoms with Crippen molar-refractivity contribution in [2.24, 2.45) is 0 Å². The lowest BCUT2D eigenvalue weighted by Crippen LogP contribution is -2.13. The van der Waals surface area contributed by atoms with Gasteiger partial charge < -0.3 is 9.73 Å². The molecule has 0 amide bonds. The number of nitrogens with one attached hydrogen (secondary N) is 3. The van der Waals surface area contributed by atoms with Gasteiger partial charge in [0.1, 0.15) is 17.0 Å². The SMILES string of the molecule is O=c1[nH]c(NCc2ccc(-c3ccco3)cc2F)nc2[nH]ncc12. The van der Waals surface area contributed by atoms with E-state index in [4.69, 9.17) is 4.42 Å². The van der Waals surface area contributed by atoms with Crippen LogP contribution in [0.1, 0.15) is 5.56 Å². The zero-order chi connectivity index (χ0) is 16.5. The van der Waals surface area contributed by atoms with Crippen LogP contribution in [0.4, 0.5) is 10.3 Å². The Kier molecular flexibility index (Phi) is 3.34. The molecule has 120 valence electrons. The smallest absolute Gasteiger partial charge is 0.263 e. The van der Waals surface area contributed by atoms with E-state index in [0.717, 1.165) is 0 Å². The van der Waals surface area contributed by atoms with Crippen LogP contribution in [0.2, 0.25) is 0 Å². The molecule has 3 aromatic heterocycles. The van der Waals surface area contributed by atoms with E-state index in [1.165, 1.54) is 18.5 Å². The summed E-state index contributed by atoms with van der Waals surface area (Å²) >= 11 is 0. The second kappa shape index (κ2) is 5.65. The summed E-state index contributed by atoms with van der Waals surface area (Å²) in [6.07, 6.45) is 2.94. The lowest BCUT2D eigenvalue weighted by molar-refractivity contribution is 0.579. The molecule has 0 aliphatic carbocycles. The summed E-state index contributed by atoms with van der Waals surface area (Å²) in [5.74, 6) is 0.469. The molecule has 0 fully saturated rings. The fourth-order valence-electron chi connectivity index (χ4n) is 2.39. The molecule has 0 saturated heterocycles. The molecule has 0 aliphatic heterocycles. The molecule has 0 spiro atoms. The predicted molar refractivity (Wildman–Crippen MR) is 85.9 cm³/mol. The second-order valence-electron chi connectivity index (χ2n) is 5.18. The van der Waals surface area contributed by atoms with Crippen molar-refractivity contribution < 1.29 is 8.81 Å². The minimum absolute atomic E-state index is 0.173. The number of hydrogen-bond acceptors (Lipinski definition) is 5. The van der Waals surface area contributed by atoms with Gasteiger partial charge in [-0.2, -0.15) is 10.1 Å². The number of nitrogens with zero attached hydrogens (tertiary/aromatic N) is 2. The van der Waals surface area contributed by atoms with Crippen LogP contribution in [0.15, 0.2) is 52.0 Å². The van der Waals surface area contributed by atoms with Gasteiger partial charge in [-0.05, 0) is 18.2 Å². The van der Waals surface area contributed by atoms with Crippen molar-refractivity contribution in [3.63, 3.8) is 0 Å². The van der Waals surface area contributed by atoms with Crippen LogP contribution >= 0.6 is 0 Å². The predicted octanol–water partition coefficient (Wildman–Crippen LogP) is 2.66. The van der Waals surface area contributed by atoms with Gasteiger partial charge in [-0.25, -0.2) is 4.39 Å². The molecule has 3 N–H and O–H groups in total. The van der Waals surface area contributed by atoms with Crippen LogP contribution in [0.3, 0.4) is 0 Å². The van der Waals surface area contributed by atoms with Crippen LogP contribution in [0.25, 0.3) is 22.4 Å². The monoisotopic (exact) mass is 325 g/mol. The summed E-state index contributed by atoms with van der Waals surface area (Å²) in [5.41, 5.74) is 1.16. The lowest BCUT2D eigenvalue weighted by atomic mass is 10.1. The van der Waals surface area contributed by atoms with Gasteiger partial charge in [-0.15, -0.1) is 0 Å². The minimum Gasteiger partial charge on any atom is -0.464 e. The number of aromatic amines is 2. The molecule has 0 aliphatic rings. The Bertz CT molecular complexity index is 1050. The average molecular weight is 325 g/mol. The third-order valence-corrected chi connectivity index (χ3v) is 3.62. The van der Waals surface area contributed by atoms with Crippen LogP contribution in [-0.2, 0) is 6.54 Å². The molecule has 8 heteroatoms. The van der Waals surface area contributed by atoms with E-state index in [1.54, 1.807) is 24.3 Å². The zero-order valence-corrected chi connectivity index (χ0v) is 12.3. The van der Waals surface area contributed by atoms with E-state index in [-0.39, 0.29) is 23.9 Å². The number of hydrogen-bond donors (Lipinski definition) is 3. The summed E-state index contributed by atoms with van der Waals surface area (Å²) in [5, 5.41) is 9.66.